The van der Waals surface area contributed by atoms with Crippen molar-refractivity contribution in [2.24, 2.45) is 5.41 Å². The summed E-state index contributed by atoms with van der Waals surface area (Å²) in [4.78, 5) is 0. The van der Waals surface area contributed by atoms with Gasteiger partial charge in [-0.1, -0.05) is 38.0 Å². The van der Waals surface area contributed by atoms with E-state index < -0.39 is 0 Å². The average Bonchev–Trinajstić information content (AvgIpc) is 2.80. The fourth-order valence-electron chi connectivity index (χ4n) is 3.28. The van der Waals surface area contributed by atoms with Gasteiger partial charge < -0.3 is 5.32 Å². The van der Waals surface area contributed by atoms with Crippen molar-refractivity contribution in [1.29, 1.82) is 0 Å². The van der Waals surface area contributed by atoms with E-state index in [1.54, 1.807) is 0 Å². The van der Waals surface area contributed by atoms with E-state index in [0.29, 0.717) is 5.41 Å². The number of hydrogen-bond acceptors (Lipinski definition) is 1. The van der Waals surface area contributed by atoms with Gasteiger partial charge in [-0.25, -0.2) is 0 Å². The van der Waals surface area contributed by atoms with E-state index in [9.17, 15) is 0 Å². The lowest BCUT2D eigenvalue weighted by Crippen LogP contribution is -2.33. The van der Waals surface area contributed by atoms with Crippen LogP contribution in [0.1, 0.15) is 49.3 Å². The molecule has 100 valence electrons. The van der Waals surface area contributed by atoms with Crippen LogP contribution in [-0.2, 0) is 6.42 Å². The van der Waals surface area contributed by atoms with Gasteiger partial charge in [0.05, 0.1) is 0 Å². The van der Waals surface area contributed by atoms with E-state index >= 15 is 0 Å². The van der Waals surface area contributed by atoms with Crippen molar-refractivity contribution < 1.29 is 0 Å². The van der Waals surface area contributed by atoms with Gasteiger partial charge in [0.2, 0.25) is 0 Å². The summed E-state index contributed by atoms with van der Waals surface area (Å²) < 4.78 is 0. The highest BCUT2D eigenvalue weighted by Crippen LogP contribution is 2.40. The van der Waals surface area contributed by atoms with Gasteiger partial charge in [0.15, 0.2) is 0 Å². The Morgan fingerprint density at radius 3 is 2.44 bits per heavy atom. The normalized spacial score (nSPS) is 18.2. The van der Waals surface area contributed by atoms with Crippen LogP contribution in [0.4, 0.5) is 0 Å². The third kappa shape index (κ3) is 3.14. The molecule has 0 amide bonds. The molecule has 0 bridgehead atoms. The van der Waals surface area contributed by atoms with E-state index in [2.05, 4.69) is 44.3 Å². The molecule has 0 spiro atoms. The molecular formula is C17H27N. The minimum Gasteiger partial charge on any atom is -0.316 e. The zero-order valence-electron chi connectivity index (χ0n) is 12.2. The van der Waals surface area contributed by atoms with E-state index in [0.717, 1.165) is 6.54 Å². The first kappa shape index (κ1) is 13.6. The number of rotatable bonds is 5. The molecule has 0 aliphatic heterocycles. The van der Waals surface area contributed by atoms with Crippen LogP contribution in [-0.4, -0.2) is 13.1 Å². The van der Waals surface area contributed by atoms with Crippen molar-refractivity contribution in [3.8, 4) is 0 Å². The van der Waals surface area contributed by atoms with Crippen LogP contribution in [0.2, 0.25) is 0 Å². The fourth-order valence-corrected chi connectivity index (χ4v) is 3.28. The first-order valence-electron chi connectivity index (χ1n) is 7.42. The average molecular weight is 245 g/mol. The zero-order chi connectivity index (χ0) is 13.0. The Morgan fingerprint density at radius 2 is 1.83 bits per heavy atom. The molecule has 18 heavy (non-hydrogen) atoms. The second-order valence-electron chi connectivity index (χ2n) is 6.08. The van der Waals surface area contributed by atoms with E-state index in [4.69, 9.17) is 0 Å². The monoisotopic (exact) mass is 245 g/mol. The van der Waals surface area contributed by atoms with Crippen molar-refractivity contribution in [3.63, 3.8) is 0 Å². The van der Waals surface area contributed by atoms with Gasteiger partial charge in [0, 0.05) is 6.54 Å². The lowest BCUT2D eigenvalue weighted by molar-refractivity contribution is 0.280. The largest absolute Gasteiger partial charge is 0.316 e. The van der Waals surface area contributed by atoms with Gasteiger partial charge >= 0.3 is 0 Å². The Hall–Kier alpha value is -0.820. The van der Waals surface area contributed by atoms with Crippen LogP contribution in [0.5, 0.6) is 0 Å². The Labute approximate surface area is 112 Å². The van der Waals surface area contributed by atoms with Crippen molar-refractivity contribution in [2.45, 2.75) is 52.9 Å². The highest BCUT2D eigenvalue weighted by atomic mass is 14.9. The molecular weight excluding hydrogens is 218 g/mol. The molecule has 1 nitrogen and oxygen atoms in total. The minimum absolute atomic E-state index is 0.526. The summed E-state index contributed by atoms with van der Waals surface area (Å²) >= 11 is 0. The predicted molar refractivity (Wildman–Crippen MR) is 79.1 cm³/mol. The highest BCUT2D eigenvalue weighted by Gasteiger charge is 2.33. The molecule has 1 saturated carbocycles. The number of nitrogens with one attached hydrogen (secondary N) is 1. The van der Waals surface area contributed by atoms with Crippen molar-refractivity contribution in [2.75, 3.05) is 13.1 Å². The topological polar surface area (TPSA) is 12.0 Å². The van der Waals surface area contributed by atoms with Crippen molar-refractivity contribution >= 4 is 0 Å². The number of benzene rings is 1. The van der Waals surface area contributed by atoms with Crippen LogP contribution in [0, 0.1) is 19.3 Å². The molecule has 0 radical (unpaired) electrons. The molecule has 1 aromatic rings. The van der Waals surface area contributed by atoms with Crippen LogP contribution < -0.4 is 5.32 Å². The summed E-state index contributed by atoms with van der Waals surface area (Å²) in [5.74, 6) is 0. The SMILES string of the molecule is CCNCC1(Cc2ccc(C)c(C)c2)CCCC1. The highest BCUT2D eigenvalue weighted by molar-refractivity contribution is 5.30. The lowest BCUT2D eigenvalue weighted by atomic mass is 9.79. The van der Waals surface area contributed by atoms with Gasteiger partial charge in [0.25, 0.3) is 0 Å². The van der Waals surface area contributed by atoms with Crippen molar-refractivity contribution in [1.82, 2.24) is 5.32 Å². The molecule has 1 fully saturated rings. The van der Waals surface area contributed by atoms with Crippen LogP contribution in [0.3, 0.4) is 0 Å². The molecule has 0 aromatic heterocycles. The molecule has 2 rings (SSSR count). The Bertz CT molecular complexity index is 389. The van der Waals surface area contributed by atoms with Crippen LogP contribution >= 0.6 is 0 Å². The number of aryl methyl sites for hydroxylation is 2. The first-order chi connectivity index (χ1) is 8.65. The van der Waals surface area contributed by atoms with E-state index in [1.165, 1.54) is 55.3 Å². The molecule has 1 aromatic carbocycles. The Morgan fingerprint density at radius 1 is 1.11 bits per heavy atom. The maximum Gasteiger partial charge on any atom is 0.00109 e. The number of hydrogen-bond donors (Lipinski definition) is 1. The van der Waals surface area contributed by atoms with Gasteiger partial charge in [-0.3, -0.25) is 0 Å². The molecule has 0 atom stereocenters. The molecule has 0 heterocycles. The summed E-state index contributed by atoms with van der Waals surface area (Å²) in [5.41, 5.74) is 4.89. The standard InChI is InChI=1S/C17H27N/c1-4-18-13-17(9-5-6-10-17)12-16-8-7-14(2)15(3)11-16/h7-8,11,18H,4-6,9-10,12-13H2,1-3H3. The predicted octanol–water partition coefficient (Wildman–Crippen LogP) is 4.02. The minimum atomic E-state index is 0.526. The molecule has 1 heteroatoms. The van der Waals surface area contributed by atoms with Gasteiger partial charge in [-0.05, 0) is 61.8 Å². The summed E-state index contributed by atoms with van der Waals surface area (Å²) in [5, 5.41) is 3.58. The molecule has 0 saturated heterocycles. The quantitative estimate of drug-likeness (QED) is 0.826. The van der Waals surface area contributed by atoms with Gasteiger partial charge in [-0.15, -0.1) is 0 Å². The summed E-state index contributed by atoms with van der Waals surface area (Å²) in [6.45, 7) is 8.91. The van der Waals surface area contributed by atoms with E-state index in [-0.39, 0.29) is 0 Å². The lowest BCUT2D eigenvalue weighted by Gasteiger charge is -2.29. The Kier molecular flexibility index (Phi) is 4.45. The molecule has 1 aliphatic rings. The summed E-state index contributed by atoms with van der Waals surface area (Å²) in [7, 11) is 0. The second kappa shape index (κ2) is 5.88. The van der Waals surface area contributed by atoms with E-state index in [1.807, 2.05) is 0 Å². The van der Waals surface area contributed by atoms with Crippen LogP contribution in [0.15, 0.2) is 18.2 Å². The van der Waals surface area contributed by atoms with Gasteiger partial charge in [0.1, 0.15) is 0 Å². The fraction of sp³-hybridized carbons (Fsp3) is 0.647. The maximum absolute atomic E-state index is 3.58. The third-order valence-electron chi connectivity index (χ3n) is 4.56. The smallest absolute Gasteiger partial charge is 0.00109 e. The molecule has 1 N–H and O–H groups in total. The van der Waals surface area contributed by atoms with Crippen LogP contribution in [0.25, 0.3) is 0 Å². The second-order valence-corrected chi connectivity index (χ2v) is 6.08. The first-order valence-corrected chi connectivity index (χ1v) is 7.42. The van der Waals surface area contributed by atoms with Crippen molar-refractivity contribution in [3.05, 3.63) is 34.9 Å². The molecule has 1 aliphatic carbocycles. The zero-order valence-corrected chi connectivity index (χ0v) is 12.2. The third-order valence-corrected chi connectivity index (χ3v) is 4.56. The summed E-state index contributed by atoms with van der Waals surface area (Å²) in [6.07, 6.45) is 6.87. The summed E-state index contributed by atoms with van der Waals surface area (Å²) in [6, 6.07) is 7.00. The maximum atomic E-state index is 3.58. The Balaban J connectivity index is 2.10. The van der Waals surface area contributed by atoms with Gasteiger partial charge in [-0.2, -0.15) is 0 Å². The molecule has 0 unspecified atom stereocenters.